The molecule has 2 saturated heterocycles. The zero-order chi connectivity index (χ0) is 50.0. The summed E-state index contributed by atoms with van der Waals surface area (Å²) >= 11 is 0. The Morgan fingerprint density at radius 1 is 0.735 bits per heavy atom. The molecule has 0 spiro atoms. The maximum absolute atomic E-state index is 14.1. The zero-order valence-corrected chi connectivity index (χ0v) is 41.4. The summed E-state index contributed by atoms with van der Waals surface area (Å²) in [6, 6.07) is 9.15. The van der Waals surface area contributed by atoms with E-state index in [0.29, 0.717) is 47.8 Å². The molecule has 0 bridgehead atoms. The minimum Gasteiger partial charge on any atom is -0.344 e. The van der Waals surface area contributed by atoms with Crippen molar-refractivity contribution in [2.75, 3.05) is 42.6 Å². The number of carbonyl (C=O) groups is 3. The number of hydroxylamine groups is 2. The number of sulfonamides is 1. The van der Waals surface area contributed by atoms with Crippen LogP contribution in [0.3, 0.4) is 0 Å². The number of piperidine rings is 1. The summed E-state index contributed by atoms with van der Waals surface area (Å²) in [7, 11) is -16.9. The van der Waals surface area contributed by atoms with Crippen LogP contribution in [0.15, 0.2) is 94.4 Å². The maximum Gasteiger partial charge on any atom is 0.336 e. The molecule has 2 aromatic carbocycles. The molecule has 23 heteroatoms. The summed E-state index contributed by atoms with van der Waals surface area (Å²) in [6.07, 6.45) is 14.0. The SMILES string of the molecule is CC1(C)C(/C=C/C=C/C=C/C=C2/N(CCCCS(=O)(=O)O)c3ccc(S(=O)(=O)O)cc3C2(C)C)=[N+](CCCCS(=O)(=O)O)c2ccc(S(=O)(=O)N3CCC(C(=O)ON4C(=O)CCC4=O)CC3)cc21. The lowest BCUT2D eigenvalue weighted by Gasteiger charge is -2.30. The number of anilines is 1. The van der Waals surface area contributed by atoms with E-state index in [9.17, 15) is 61.7 Å². The lowest BCUT2D eigenvalue weighted by atomic mass is 9.81. The average Bonchev–Trinajstić information content (AvgIpc) is 3.76. The number of hydrogen-bond donors (Lipinski definition) is 3. The maximum atomic E-state index is 14.1. The van der Waals surface area contributed by atoms with E-state index in [-0.39, 0.29) is 61.4 Å². The molecule has 6 rings (SSSR count). The van der Waals surface area contributed by atoms with Crippen molar-refractivity contribution in [3.05, 3.63) is 95.8 Å². The van der Waals surface area contributed by atoms with Crippen LogP contribution in [0.5, 0.6) is 0 Å². The van der Waals surface area contributed by atoms with Gasteiger partial charge in [0, 0.05) is 73.4 Å². The molecule has 0 radical (unpaired) electrons. The van der Waals surface area contributed by atoms with Crippen LogP contribution in [0.25, 0.3) is 0 Å². The molecular weight excluding hydrogens is 965 g/mol. The Morgan fingerprint density at radius 3 is 1.93 bits per heavy atom. The van der Waals surface area contributed by atoms with E-state index in [4.69, 9.17) is 4.84 Å². The highest BCUT2D eigenvalue weighted by Gasteiger charge is 2.46. The van der Waals surface area contributed by atoms with Crippen molar-refractivity contribution in [2.24, 2.45) is 5.92 Å². The predicted molar refractivity (Wildman–Crippen MR) is 251 cm³/mol. The van der Waals surface area contributed by atoms with Crippen LogP contribution in [-0.4, -0.2) is 122 Å². The van der Waals surface area contributed by atoms with Crippen molar-refractivity contribution in [3.8, 4) is 0 Å². The van der Waals surface area contributed by atoms with Crippen molar-refractivity contribution in [2.45, 2.75) is 99.7 Å². The topological polar surface area (TPSA) is 270 Å². The Hall–Kier alpha value is -4.88. The largest absolute Gasteiger partial charge is 0.344 e. The molecule has 0 unspecified atom stereocenters. The molecule has 0 atom stereocenters. The van der Waals surface area contributed by atoms with Gasteiger partial charge in [-0.2, -0.15) is 34.1 Å². The molecule has 0 saturated carbocycles. The van der Waals surface area contributed by atoms with Gasteiger partial charge in [-0.15, -0.1) is 5.06 Å². The van der Waals surface area contributed by atoms with Crippen LogP contribution < -0.4 is 4.90 Å². The highest BCUT2D eigenvalue weighted by Crippen LogP contribution is 2.49. The van der Waals surface area contributed by atoms with Gasteiger partial charge in [-0.05, 0) is 87.9 Å². The number of amides is 2. The van der Waals surface area contributed by atoms with Gasteiger partial charge in [-0.1, -0.05) is 44.2 Å². The third kappa shape index (κ3) is 11.9. The summed E-state index contributed by atoms with van der Waals surface area (Å²) in [5.41, 5.74) is 2.83. The van der Waals surface area contributed by atoms with Crippen LogP contribution in [0.2, 0.25) is 0 Å². The zero-order valence-electron chi connectivity index (χ0n) is 38.1. The molecule has 4 aliphatic rings. The molecule has 0 aromatic heterocycles. The molecule has 68 heavy (non-hydrogen) atoms. The van der Waals surface area contributed by atoms with Crippen LogP contribution in [-0.2, 0) is 70.4 Å². The van der Waals surface area contributed by atoms with Crippen LogP contribution in [0.1, 0.15) is 90.2 Å². The summed E-state index contributed by atoms with van der Waals surface area (Å²) in [5, 5.41) is 0.482. The minimum atomic E-state index is -4.49. The fourth-order valence-electron chi connectivity index (χ4n) is 9.01. The molecule has 0 aliphatic carbocycles. The summed E-state index contributed by atoms with van der Waals surface area (Å²) in [5.74, 6) is -3.51. The first-order valence-electron chi connectivity index (χ1n) is 22.0. The van der Waals surface area contributed by atoms with Gasteiger partial charge in [-0.3, -0.25) is 23.2 Å². The van der Waals surface area contributed by atoms with Crippen LogP contribution in [0, 0.1) is 5.92 Å². The third-order valence-corrected chi connectivity index (χ3v) is 17.0. The van der Waals surface area contributed by atoms with Gasteiger partial charge in [0.05, 0.1) is 32.6 Å². The Balaban J connectivity index is 1.20. The van der Waals surface area contributed by atoms with E-state index < -0.39 is 86.4 Å². The number of imide groups is 1. The molecule has 3 N–H and O–H groups in total. The number of fused-ring (bicyclic) bond motifs is 2. The van der Waals surface area contributed by atoms with Gasteiger partial charge in [0.15, 0.2) is 5.71 Å². The van der Waals surface area contributed by atoms with Gasteiger partial charge in [0.1, 0.15) is 6.54 Å². The van der Waals surface area contributed by atoms with Crippen molar-refractivity contribution >= 4 is 75.2 Å². The van der Waals surface area contributed by atoms with E-state index in [1.807, 2.05) is 55.4 Å². The number of allylic oxidation sites excluding steroid dienone is 8. The Labute approximate surface area is 397 Å². The van der Waals surface area contributed by atoms with Gasteiger partial charge in [0.2, 0.25) is 15.7 Å². The first kappa shape index (κ1) is 52.5. The highest BCUT2D eigenvalue weighted by molar-refractivity contribution is 7.89. The van der Waals surface area contributed by atoms with Crippen molar-refractivity contribution in [3.63, 3.8) is 0 Å². The monoisotopic (exact) mass is 1020 g/mol. The van der Waals surface area contributed by atoms with E-state index in [1.54, 1.807) is 42.5 Å². The van der Waals surface area contributed by atoms with Crippen LogP contribution in [0.4, 0.5) is 11.4 Å². The number of benzene rings is 2. The smallest absolute Gasteiger partial charge is 0.336 e. The normalized spacial score (nSPS) is 20.0. The minimum absolute atomic E-state index is 0.00357. The second-order valence-corrected chi connectivity index (χ2v) is 24.6. The molecule has 2 amide bonds. The Kier molecular flexibility index (Phi) is 15.6. The first-order chi connectivity index (χ1) is 31.6. The van der Waals surface area contributed by atoms with Crippen molar-refractivity contribution in [1.29, 1.82) is 0 Å². The van der Waals surface area contributed by atoms with Crippen LogP contribution >= 0.6 is 0 Å². The molecule has 4 heterocycles. The highest BCUT2D eigenvalue weighted by atomic mass is 32.2. The van der Waals surface area contributed by atoms with Gasteiger partial charge in [0.25, 0.3) is 42.2 Å². The van der Waals surface area contributed by atoms with Gasteiger partial charge >= 0.3 is 5.97 Å². The summed E-state index contributed by atoms with van der Waals surface area (Å²) in [6.45, 7) is 8.40. The second-order valence-electron chi connectivity index (χ2n) is 18.1. The fourth-order valence-corrected chi connectivity index (χ4v) is 12.2. The summed E-state index contributed by atoms with van der Waals surface area (Å²) < 4.78 is 129. The van der Waals surface area contributed by atoms with E-state index in [0.717, 1.165) is 17.1 Å². The second kappa shape index (κ2) is 20.2. The quantitative estimate of drug-likeness (QED) is 0.0549. The van der Waals surface area contributed by atoms with Gasteiger partial charge < -0.3 is 9.74 Å². The van der Waals surface area contributed by atoms with Crippen molar-refractivity contribution < 1.29 is 71.1 Å². The molecule has 370 valence electrons. The molecule has 4 aliphatic heterocycles. The molecule has 2 fully saturated rings. The Morgan fingerprint density at radius 2 is 1.31 bits per heavy atom. The van der Waals surface area contributed by atoms with E-state index in [1.165, 1.54) is 22.5 Å². The fraction of sp³-hybridized carbons (Fsp3) is 0.467. The molecule has 2 aromatic rings. The van der Waals surface area contributed by atoms with E-state index >= 15 is 0 Å². The van der Waals surface area contributed by atoms with Gasteiger partial charge in [-0.25, -0.2) is 13.2 Å². The number of unbranched alkanes of at least 4 members (excludes halogenated alkanes) is 2. The predicted octanol–water partition coefficient (Wildman–Crippen LogP) is 5.00. The Bertz CT molecular complexity index is 2950. The average molecular weight is 1020 g/mol. The number of nitrogens with zero attached hydrogens (tertiary/aromatic N) is 4. The van der Waals surface area contributed by atoms with E-state index in [2.05, 4.69) is 0 Å². The standard InChI is InChI=1S/C45H56N4O15S4/c1-44(2)35-30-33(67(59,60)46-26-22-32(23-27-46)43(52)64-49-41(50)20-21-42(49)51)16-18-37(35)47(24-10-12-28-65(53,54)55)39(44)14-8-6-5-7-9-15-40-45(3,4)36-31-34(68(61,62)63)17-19-38(36)48(40)25-11-13-29-66(56,57)58/h5-9,14-19,30-32H,10-13,20-29H2,1-4H3,(H2-,53,54,55,56,57,58,61,62,63)/p+1. The summed E-state index contributed by atoms with van der Waals surface area (Å²) in [4.78, 5) is 43.5. The van der Waals surface area contributed by atoms with Crippen molar-refractivity contribution in [1.82, 2.24) is 9.37 Å². The molecular formula is C45H57N4O15S4+. The third-order valence-electron chi connectivity index (χ3n) is 12.7. The first-order valence-corrected chi connectivity index (χ1v) is 28.1. The number of hydrogen-bond acceptors (Lipinski definition) is 13. The lowest BCUT2D eigenvalue weighted by molar-refractivity contribution is -0.438. The molecule has 19 nitrogen and oxygen atoms in total. The lowest BCUT2D eigenvalue weighted by Crippen LogP contribution is -2.42. The number of rotatable bonds is 19. The number of carbonyl (C=O) groups excluding carboxylic acids is 3.